The molecule has 0 saturated carbocycles. The van der Waals surface area contributed by atoms with E-state index >= 15 is 4.39 Å². The molecule has 41 heavy (non-hydrogen) atoms. The highest BCUT2D eigenvalue weighted by atomic mass is 19.1. The Morgan fingerprint density at radius 3 is 2.56 bits per heavy atom. The van der Waals surface area contributed by atoms with Crippen LogP contribution in [0.15, 0.2) is 47.7 Å². The number of halogens is 2. The monoisotopic (exact) mass is 559 g/mol. The Morgan fingerprint density at radius 1 is 1.07 bits per heavy atom. The van der Waals surface area contributed by atoms with Gasteiger partial charge in [0, 0.05) is 44.2 Å². The largest absolute Gasteiger partial charge is 0.367 e. The molecule has 0 bridgehead atoms. The number of fused-ring (bicyclic) bond motifs is 3. The molecular weight excluding hydrogens is 528 g/mol. The molecule has 11 heteroatoms. The van der Waals surface area contributed by atoms with E-state index in [0.717, 1.165) is 30.5 Å². The molecule has 1 spiro atoms. The summed E-state index contributed by atoms with van der Waals surface area (Å²) in [5.41, 5.74) is 2.87. The van der Waals surface area contributed by atoms with Crippen molar-refractivity contribution in [2.75, 3.05) is 13.2 Å². The fourth-order valence-electron chi connectivity index (χ4n) is 6.39. The van der Waals surface area contributed by atoms with Crippen LogP contribution in [0.2, 0.25) is 0 Å². The first-order chi connectivity index (χ1) is 19.7. The van der Waals surface area contributed by atoms with Gasteiger partial charge in [-0.2, -0.15) is 10.2 Å². The van der Waals surface area contributed by atoms with E-state index in [1.165, 1.54) is 15.3 Å². The Bertz CT molecular complexity index is 1870. The summed E-state index contributed by atoms with van der Waals surface area (Å²) in [6.45, 7) is 6.68. The summed E-state index contributed by atoms with van der Waals surface area (Å²) in [6.07, 6.45) is 7.41. The van der Waals surface area contributed by atoms with Crippen molar-refractivity contribution in [2.45, 2.75) is 51.7 Å². The number of benzene rings is 2. The van der Waals surface area contributed by atoms with E-state index in [9.17, 15) is 9.18 Å². The lowest BCUT2D eigenvalue weighted by atomic mass is 9.83. The van der Waals surface area contributed by atoms with Crippen LogP contribution in [-0.4, -0.2) is 41.8 Å². The predicted octanol–water partition coefficient (Wildman–Crippen LogP) is 4.66. The maximum absolute atomic E-state index is 15.6. The van der Waals surface area contributed by atoms with Gasteiger partial charge in [-0.15, -0.1) is 0 Å². The molecule has 2 aliphatic heterocycles. The highest BCUT2D eigenvalue weighted by Gasteiger charge is 2.46. The summed E-state index contributed by atoms with van der Waals surface area (Å²) in [5.74, 6) is -0.287. The number of nitrogens with zero attached hydrogens (tertiary/aromatic N) is 6. The zero-order valence-corrected chi connectivity index (χ0v) is 23.4. The van der Waals surface area contributed by atoms with Crippen LogP contribution in [0.1, 0.15) is 54.6 Å². The van der Waals surface area contributed by atoms with Gasteiger partial charge >= 0.3 is 5.69 Å². The molecule has 0 radical (unpaired) electrons. The molecule has 0 aliphatic carbocycles. The standard InChI is InChI=1S/C30H31F2N7O2/c1-17-13-20(14-18(2)25(17)31)39-28(24-19(3)33-16-30(27(24)35-39)9-5-6-12-41-30)38-11-10-37(29(38)40)23-8-7-22-21(26(23)32)15-34-36(22)4/h7-8,10-11,13-15,19,33H,5-6,9,12,16H2,1-4H3/t19-,30?/m0/s1. The van der Waals surface area contributed by atoms with E-state index < -0.39 is 17.1 Å². The molecule has 9 nitrogen and oxygen atoms in total. The van der Waals surface area contributed by atoms with Crippen LogP contribution in [0.25, 0.3) is 28.1 Å². The first kappa shape index (κ1) is 25.8. The van der Waals surface area contributed by atoms with E-state index in [4.69, 9.17) is 9.84 Å². The second kappa shape index (κ2) is 9.22. The van der Waals surface area contributed by atoms with Gasteiger partial charge in [-0.25, -0.2) is 18.3 Å². The second-order valence-corrected chi connectivity index (χ2v) is 11.2. The van der Waals surface area contributed by atoms with Crippen LogP contribution in [0.4, 0.5) is 8.78 Å². The normalized spacial score (nSPS) is 20.7. The average molecular weight is 560 g/mol. The Morgan fingerprint density at radius 2 is 1.83 bits per heavy atom. The smallest absolute Gasteiger partial charge is 0.338 e. The highest BCUT2D eigenvalue weighted by molar-refractivity contribution is 5.81. The highest BCUT2D eigenvalue weighted by Crippen LogP contribution is 2.44. The summed E-state index contributed by atoms with van der Waals surface area (Å²) in [5, 5.41) is 13.1. The van der Waals surface area contributed by atoms with Crippen LogP contribution in [-0.2, 0) is 17.4 Å². The molecule has 7 rings (SSSR count). The lowest BCUT2D eigenvalue weighted by Gasteiger charge is -2.41. The number of rotatable bonds is 3. The number of ether oxygens (including phenoxy) is 1. The minimum absolute atomic E-state index is 0.126. The van der Waals surface area contributed by atoms with Crippen molar-refractivity contribution in [3.63, 3.8) is 0 Å². The van der Waals surface area contributed by atoms with Gasteiger partial charge in [-0.1, -0.05) is 0 Å². The zero-order chi connectivity index (χ0) is 28.6. The van der Waals surface area contributed by atoms with E-state index in [-0.39, 0.29) is 17.5 Å². The maximum Gasteiger partial charge on any atom is 0.338 e. The summed E-state index contributed by atoms with van der Waals surface area (Å²) >= 11 is 0. The molecule has 2 atom stereocenters. The van der Waals surface area contributed by atoms with E-state index in [1.54, 1.807) is 66.9 Å². The Balaban J connectivity index is 1.48. The summed E-state index contributed by atoms with van der Waals surface area (Å²) in [6, 6.07) is 6.64. The molecule has 1 fully saturated rings. The first-order valence-electron chi connectivity index (χ1n) is 13.9. The van der Waals surface area contributed by atoms with E-state index in [1.807, 2.05) is 6.92 Å². The Kier molecular flexibility index (Phi) is 5.81. The molecule has 1 saturated heterocycles. The molecule has 2 aromatic carbocycles. The molecular formula is C30H31F2N7O2. The molecule has 2 aliphatic rings. The van der Waals surface area contributed by atoms with Crippen molar-refractivity contribution in [2.24, 2.45) is 7.05 Å². The number of aryl methyl sites for hydroxylation is 3. The number of imidazole rings is 1. The van der Waals surface area contributed by atoms with Gasteiger partial charge in [0.05, 0.1) is 28.5 Å². The lowest BCUT2D eigenvalue weighted by molar-refractivity contribution is -0.0915. The Hall–Kier alpha value is -4.09. The minimum Gasteiger partial charge on any atom is -0.367 e. The van der Waals surface area contributed by atoms with Crippen molar-refractivity contribution in [1.29, 1.82) is 0 Å². The van der Waals surface area contributed by atoms with Gasteiger partial charge in [0.25, 0.3) is 0 Å². The van der Waals surface area contributed by atoms with Gasteiger partial charge in [-0.3, -0.25) is 13.8 Å². The van der Waals surface area contributed by atoms with Crippen LogP contribution in [0, 0.1) is 25.5 Å². The van der Waals surface area contributed by atoms with Crippen LogP contribution in [0.3, 0.4) is 0 Å². The van der Waals surface area contributed by atoms with Crippen molar-refractivity contribution >= 4 is 10.9 Å². The topological polar surface area (TPSA) is 83.8 Å². The van der Waals surface area contributed by atoms with Gasteiger partial charge in [-0.05, 0) is 75.4 Å². The Labute approximate surface area is 235 Å². The molecule has 3 aromatic heterocycles. The van der Waals surface area contributed by atoms with Gasteiger partial charge in [0.2, 0.25) is 0 Å². The van der Waals surface area contributed by atoms with Crippen molar-refractivity contribution in [3.05, 3.63) is 87.4 Å². The third-order valence-corrected chi connectivity index (χ3v) is 8.58. The minimum atomic E-state index is -0.631. The lowest BCUT2D eigenvalue weighted by Crippen LogP contribution is -2.48. The van der Waals surface area contributed by atoms with Crippen molar-refractivity contribution in [1.82, 2.24) is 34.0 Å². The van der Waals surface area contributed by atoms with Crippen LogP contribution in [0.5, 0.6) is 0 Å². The fraction of sp³-hybridized carbons (Fsp3) is 0.367. The van der Waals surface area contributed by atoms with E-state index in [0.29, 0.717) is 46.7 Å². The van der Waals surface area contributed by atoms with Gasteiger partial charge < -0.3 is 10.1 Å². The predicted molar refractivity (Wildman–Crippen MR) is 150 cm³/mol. The van der Waals surface area contributed by atoms with Crippen LogP contribution < -0.4 is 11.0 Å². The summed E-state index contributed by atoms with van der Waals surface area (Å²) < 4.78 is 42.8. The molecule has 1 unspecified atom stereocenters. The molecule has 5 aromatic rings. The molecule has 0 amide bonds. The van der Waals surface area contributed by atoms with Crippen molar-refractivity contribution < 1.29 is 13.5 Å². The average Bonchev–Trinajstić information content (AvgIpc) is 3.66. The van der Waals surface area contributed by atoms with Gasteiger partial charge in [0.15, 0.2) is 5.82 Å². The number of aromatic nitrogens is 6. The SMILES string of the molecule is Cc1cc(-n2nc3c(c2-n2ccn(-c4ccc5c(cnn5C)c4F)c2=O)[C@H](C)NCC32CCCCO2)cc(C)c1F. The second-order valence-electron chi connectivity index (χ2n) is 11.2. The van der Waals surface area contributed by atoms with Crippen LogP contribution >= 0.6 is 0 Å². The van der Waals surface area contributed by atoms with Gasteiger partial charge in [0.1, 0.15) is 22.9 Å². The summed E-state index contributed by atoms with van der Waals surface area (Å²) in [7, 11) is 1.74. The maximum atomic E-state index is 15.6. The molecule has 1 N–H and O–H groups in total. The number of nitrogens with one attached hydrogen (secondary N) is 1. The third kappa shape index (κ3) is 3.75. The third-order valence-electron chi connectivity index (χ3n) is 8.58. The van der Waals surface area contributed by atoms with Crippen molar-refractivity contribution in [3.8, 4) is 17.2 Å². The number of hydrogen-bond acceptors (Lipinski definition) is 5. The van der Waals surface area contributed by atoms with E-state index in [2.05, 4.69) is 10.4 Å². The quantitative estimate of drug-likeness (QED) is 0.348. The first-order valence-corrected chi connectivity index (χ1v) is 13.9. The molecule has 5 heterocycles. The molecule has 212 valence electrons. The zero-order valence-electron chi connectivity index (χ0n) is 23.4. The number of hydrogen-bond donors (Lipinski definition) is 1. The fourth-order valence-corrected chi connectivity index (χ4v) is 6.39. The summed E-state index contributed by atoms with van der Waals surface area (Å²) in [4.78, 5) is 14.1.